The summed E-state index contributed by atoms with van der Waals surface area (Å²) in [5, 5.41) is 2.82. The Labute approximate surface area is 165 Å². The Morgan fingerprint density at radius 3 is 2.46 bits per heavy atom. The number of hydrogen-bond donors (Lipinski definition) is 1. The highest BCUT2D eigenvalue weighted by atomic mass is 35.5. The van der Waals surface area contributed by atoms with Crippen molar-refractivity contribution in [1.82, 2.24) is 0 Å². The van der Waals surface area contributed by atoms with Crippen LogP contribution in [0.2, 0.25) is 5.02 Å². The Hall–Kier alpha value is -3.13. The van der Waals surface area contributed by atoms with Crippen LogP contribution in [-0.2, 0) is 14.2 Å². The van der Waals surface area contributed by atoms with E-state index in [1.165, 1.54) is 0 Å². The van der Waals surface area contributed by atoms with E-state index in [-0.39, 0.29) is 11.1 Å². The van der Waals surface area contributed by atoms with E-state index in [1.807, 2.05) is 0 Å². The molecule has 0 aliphatic carbocycles. The number of benzene rings is 2. The number of amides is 1. The normalized spacial score (nSPS) is 10.3. The molecule has 2 aromatic rings. The van der Waals surface area contributed by atoms with Crippen molar-refractivity contribution in [2.45, 2.75) is 20.0 Å². The molecule has 0 heterocycles. The van der Waals surface area contributed by atoms with Gasteiger partial charge in [-0.25, -0.2) is 14.0 Å². The molecule has 0 aromatic heterocycles. The highest BCUT2D eigenvalue weighted by Crippen LogP contribution is 2.22. The van der Waals surface area contributed by atoms with E-state index in [0.717, 1.165) is 18.2 Å². The molecule has 1 N–H and O–H groups in total. The summed E-state index contributed by atoms with van der Waals surface area (Å²) in [6.45, 7) is 2.47. The fraction of sp³-hybridized carbons (Fsp3) is 0.211. The Balaban J connectivity index is 2.10. The molecule has 2 aromatic carbocycles. The van der Waals surface area contributed by atoms with Gasteiger partial charge in [-0.2, -0.15) is 0 Å². The first-order chi connectivity index (χ1) is 13.3. The lowest BCUT2D eigenvalue weighted by atomic mass is 10.1. The van der Waals surface area contributed by atoms with E-state index in [4.69, 9.17) is 21.1 Å². The molecule has 0 bridgehead atoms. The molecule has 0 spiro atoms. The van der Waals surface area contributed by atoms with E-state index < -0.39 is 36.7 Å². The van der Waals surface area contributed by atoms with E-state index in [9.17, 15) is 18.8 Å². The molecular formula is C19H17ClFNO6. The van der Waals surface area contributed by atoms with Gasteiger partial charge in [0.2, 0.25) is 6.79 Å². The first-order valence-electron chi connectivity index (χ1n) is 8.14. The predicted molar refractivity (Wildman–Crippen MR) is 98.8 cm³/mol. The molecule has 2 rings (SSSR count). The van der Waals surface area contributed by atoms with Crippen LogP contribution in [0.25, 0.3) is 0 Å². The maximum Gasteiger partial charge on any atom is 0.511 e. The summed E-state index contributed by atoms with van der Waals surface area (Å²) in [6.07, 6.45) is -1.44. The van der Waals surface area contributed by atoms with Crippen molar-refractivity contribution in [3.8, 4) is 0 Å². The molecule has 7 nitrogen and oxygen atoms in total. The van der Waals surface area contributed by atoms with Gasteiger partial charge in [0.1, 0.15) is 5.82 Å². The van der Waals surface area contributed by atoms with Crippen LogP contribution in [0, 0.1) is 5.82 Å². The Morgan fingerprint density at radius 2 is 1.79 bits per heavy atom. The lowest BCUT2D eigenvalue weighted by molar-refractivity contribution is -0.0345. The number of ether oxygens (including phenoxy) is 3. The molecule has 0 aliphatic rings. The van der Waals surface area contributed by atoms with Crippen molar-refractivity contribution in [1.29, 1.82) is 0 Å². The number of halogens is 2. The monoisotopic (exact) mass is 409 g/mol. The van der Waals surface area contributed by atoms with Crippen LogP contribution in [-0.4, -0.2) is 30.9 Å². The number of carbonyl (C=O) groups is 3. The summed E-state index contributed by atoms with van der Waals surface area (Å²) in [5.41, 5.74) is -0.168. The molecular weight excluding hydrogens is 393 g/mol. The second kappa shape index (κ2) is 9.70. The fourth-order valence-corrected chi connectivity index (χ4v) is 2.25. The van der Waals surface area contributed by atoms with Gasteiger partial charge in [-0.05, 0) is 44.2 Å². The number of rotatable bonds is 6. The third-order valence-electron chi connectivity index (χ3n) is 3.27. The predicted octanol–water partition coefficient (Wildman–Crippen LogP) is 4.41. The van der Waals surface area contributed by atoms with Gasteiger partial charge in [0.15, 0.2) is 0 Å². The SMILES string of the molecule is CC(C)OC(=O)OCOC(=O)c1cc(F)ccc1C(=O)Nc1ccccc1Cl. The van der Waals surface area contributed by atoms with Gasteiger partial charge in [0, 0.05) is 0 Å². The van der Waals surface area contributed by atoms with Crippen LogP contribution in [0.4, 0.5) is 14.9 Å². The largest absolute Gasteiger partial charge is 0.511 e. The van der Waals surface area contributed by atoms with Crippen molar-refractivity contribution in [2.24, 2.45) is 0 Å². The van der Waals surface area contributed by atoms with Gasteiger partial charge in [-0.15, -0.1) is 0 Å². The third kappa shape index (κ3) is 5.95. The van der Waals surface area contributed by atoms with Crippen LogP contribution in [0.5, 0.6) is 0 Å². The summed E-state index contributed by atoms with van der Waals surface area (Å²) in [4.78, 5) is 36.0. The van der Waals surface area contributed by atoms with Crippen molar-refractivity contribution in [3.63, 3.8) is 0 Å². The molecule has 148 valence electrons. The van der Waals surface area contributed by atoms with Gasteiger partial charge >= 0.3 is 12.1 Å². The highest BCUT2D eigenvalue weighted by Gasteiger charge is 2.20. The van der Waals surface area contributed by atoms with E-state index in [2.05, 4.69) is 10.1 Å². The zero-order valence-corrected chi connectivity index (χ0v) is 15.8. The third-order valence-corrected chi connectivity index (χ3v) is 3.60. The lowest BCUT2D eigenvalue weighted by Crippen LogP contribution is -2.20. The summed E-state index contributed by atoms with van der Waals surface area (Å²) < 4.78 is 27.6. The number of anilines is 1. The number of hydrogen-bond acceptors (Lipinski definition) is 6. The van der Waals surface area contributed by atoms with Crippen LogP contribution >= 0.6 is 11.6 Å². The summed E-state index contributed by atoms with van der Waals surface area (Å²) in [5.74, 6) is -2.50. The smallest absolute Gasteiger partial charge is 0.431 e. The summed E-state index contributed by atoms with van der Waals surface area (Å²) in [7, 11) is 0. The molecule has 1 amide bonds. The van der Waals surface area contributed by atoms with Crippen molar-refractivity contribution in [2.75, 3.05) is 12.1 Å². The van der Waals surface area contributed by atoms with Crippen molar-refractivity contribution in [3.05, 3.63) is 64.4 Å². The highest BCUT2D eigenvalue weighted by molar-refractivity contribution is 6.34. The second-order valence-corrected chi connectivity index (χ2v) is 6.14. The first kappa shape index (κ1) is 21.2. The van der Waals surface area contributed by atoms with Gasteiger partial charge in [-0.1, -0.05) is 23.7 Å². The molecule has 0 radical (unpaired) electrons. The zero-order valence-electron chi connectivity index (χ0n) is 15.0. The molecule has 0 saturated heterocycles. The number of nitrogens with one attached hydrogen (secondary N) is 1. The van der Waals surface area contributed by atoms with Crippen molar-refractivity contribution >= 4 is 35.3 Å². The van der Waals surface area contributed by atoms with Gasteiger partial charge < -0.3 is 19.5 Å². The average molecular weight is 410 g/mol. The van der Waals surface area contributed by atoms with Gasteiger partial charge in [0.05, 0.1) is 27.9 Å². The first-order valence-corrected chi connectivity index (χ1v) is 8.51. The minimum absolute atomic E-state index is 0.143. The minimum Gasteiger partial charge on any atom is -0.431 e. The fourth-order valence-electron chi connectivity index (χ4n) is 2.07. The van der Waals surface area contributed by atoms with Crippen molar-refractivity contribution < 1.29 is 33.0 Å². The second-order valence-electron chi connectivity index (χ2n) is 5.73. The van der Waals surface area contributed by atoms with E-state index in [1.54, 1.807) is 38.1 Å². The Morgan fingerprint density at radius 1 is 1.07 bits per heavy atom. The molecule has 28 heavy (non-hydrogen) atoms. The minimum atomic E-state index is -1.05. The Kier molecular flexibility index (Phi) is 7.34. The average Bonchev–Trinajstić information content (AvgIpc) is 2.62. The van der Waals surface area contributed by atoms with Crippen LogP contribution in [0.1, 0.15) is 34.6 Å². The van der Waals surface area contributed by atoms with Crippen LogP contribution in [0.3, 0.4) is 0 Å². The zero-order chi connectivity index (χ0) is 20.7. The summed E-state index contributed by atoms with van der Waals surface area (Å²) in [6, 6.07) is 9.48. The quantitative estimate of drug-likeness (QED) is 0.561. The standard InChI is InChI=1S/C19H17ClFNO6/c1-11(2)28-19(25)27-10-26-18(24)14-9-12(21)7-8-13(14)17(23)22-16-6-4-3-5-15(16)20/h3-9,11H,10H2,1-2H3,(H,22,23). The van der Waals surface area contributed by atoms with Gasteiger partial charge in [-0.3, -0.25) is 4.79 Å². The lowest BCUT2D eigenvalue weighted by Gasteiger charge is -2.12. The molecule has 0 unspecified atom stereocenters. The molecule has 0 fully saturated rings. The van der Waals surface area contributed by atoms with E-state index in [0.29, 0.717) is 10.7 Å². The number of esters is 1. The molecule has 0 aliphatic heterocycles. The van der Waals surface area contributed by atoms with Crippen LogP contribution in [0.15, 0.2) is 42.5 Å². The summed E-state index contributed by atoms with van der Waals surface area (Å²) >= 11 is 5.99. The van der Waals surface area contributed by atoms with Crippen LogP contribution < -0.4 is 5.32 Å². The molecule has 0 saturated carbocycles. The Bertz CT molecular complexity index is 886. The molecule has 9 heteroatoms. The topological polar surface area (TPSA) is 90.9 Å². The van der Waals surface area contributed by atoms with E-state index >= 15 is 0 Å². The van der Waals surface area contributed by atoms with Gasteiger partial charge in [0.25, 0.3) is 5.91 Å². The molecule has 0 atom stereocenters. The number of para-hydroxylation sites is 1. The maximum atomic E-state index is 13.6. The maximum absolute atomic E-state index is 13.6. The number of carbonyl (C=O) groups excluding carboxylic acids is 3.